The molecule has 2 aromatic rings. The van der Waals surface area contributed by atoms with Crippen LogP contribution < -0.4 is 10.6 Å². The maximum atomic E-state index is 14.5. The van der Waals surface area contributed by atoms with E-state index in [0.717, 1.165) is 12.5 Å². The summed E-state index contributed by atoms with van der Waals surface area (Å²) < 4.78 is 43.1. The Morgan fingerprint density at radius 1 is 1.21 bits per heavy atom. The zero-order chi connectivity index (χ0) is 20.3. The van der Waals surface area contributed by atoms with Crippen LogP contribution in [0.5, 0.6) is 0 Å². The van der Waals surface area contributed by atoms with Crippen molar-refractivity contribution < 1.29 is 23.1 Å². The minimum Gasteiger partial charge on any atom is -0.395 e. The number of likely N-dealkylation sites (tertiary alicyclic amines) is 1. The number of carbonyl (C=O) groups excluding carboxylic acids is 1. The molecule has 28 heavy (non-hydrogen) atoms. The fourth-order valence-corrected chi connectivity index (χ4v) is 3.45. The van der Waals surface area contributed by atoms with Crippen molar-refractivity contribution in [3.8, 4) is 0 Å². The molecule has 9 heteroatoms. The molecule has 0 radical (unpaired) electrons. The number of carbonyl (C=O) groups is 1. The van der Waals surface area contributed by atoms with Gasteiger partial charge in [-0.05, 0) is 59.3 Å². The number of aliphatic hydroxyl groups is 1. The van der Waals surface area contributed by atoms with Crippen LogP contribution >= 0.6 is 22.6 Å². The van der Waals surface area contributed by atoms with E-state index >= 15 is 0 Å². The van der Waals surface area contributed by atoms with E-state index in [2.05, 4.69) is 10.6 Å². The van der Waals surface area contributed by atoms with Crippen LogP contribution in [-0.2, 0) is 0 Å². The van der Waals surface area contributed by atoms with Gasteiger partial charge >= 0.3 is 0 Å². The van der Waals surface area contributed by atoms with E-state index in [-0.39, 0.29) is 29.6 Å². The fraction of sp³-hybridized carbons (Fsp3) is 0.316. The van der Waals surface area contributed by atoms with Crippen LogP contribution in [0.1, 0.15) is 16.8 Å². The second-order valence-corrected chi connectivity index (χ2v) is 7.65. The molecule has 1 unspecified atom stereocenters. The highest BCUT2D eigenvalue weighted by atomic mass is 127. The van der Waals surface area contributed by atoms with Crippen LogP contribution in [0.25, 0.3) is 0 Å². The average Bonchev–Trinajstić information content (AvgIpc) is 2.63. The highest BCUT2D eigenvalue weighted by Gasteiger charge is 2.34. The number of nitrogens with one attached hydrogen (secondary N) is 2. The number of hydrogen-bond acceptors (Lipinski definition) is 4. The molecule has 1 saturated heterocycles. The van der Waals surface area contributed by atoms with Crippen molar-refractivity contribution in [3.63, 3.8) is 0 Å². The van der Waals surface area contributed by atoms with Crippen LogP contribution in [0, 0.1) is 21.0 Å². The highest BCUT2D eigenvalue weighted by molar-refractivity contribution is 14.1. The summed E-state index contributed by atoms with van der Waals surface area (Å²) in [6.07, 6.45) is 0.766. The van der Waals surface area contributed by atoms with Crippen molar-refractivity contribution in [2.75, 3.05) is 31.6 Å². The third-order valence-corrected chi connectivity index (χ3v) is 5.26. The maximum Gasteiger partial charge on any atom is 0.256 e. The third kappa shape index (κ3) is 4.41. The summed E-state index contributed by atoms with van der Waals surface area (Å²) in [4.78, 5) is 14.5. The number of anilines is 2. The second-order valence-electron chi connectivity index (χ2n) is 6.40. The van der Waals surface area contributed by atoms with Gasteiger partial charge in [0.25, 0.3) is 5.91 Å². The normalized spacial score (nSPS) is 16.0. The van der Waals surface area contributed by atoms with E-state index in [1.54, 1.807) is 11.0 Å². The lowest BCUT2D eigenvalue weighted by Crippen LogP contribution is -2.55. The molecule has 0 saturated carbocycles. The highest BCUT2D eigenvalue weighted by Crippen LogP contribution is 2.31. The van der Waals surface area contributed by atoms with Gasteiger partial charge in [-0.25, -0.2) is 13.2 Å². The summed E-state index contributed by atoms with van der Waals surface area (Å²) in [5.74, 6) is -3.47. The molecule has 1 atom stereocenters. The first-order valence-corrected chi connectivity index (χ1v) is 9.83. The van der Waals surface area contributed by atoms with Crippen LogP contribution in [0.15, 0.2) is 30.3 Å². The van der Waals surface area contributed by atoms with Gasteiger partial charge in [0, 0.05) is 29.2 Å². The summed E-state index contributed by atoms with van der Waals surface area (Å²) in [6.45, 7) is 1.37. The van der Waals surface area contributed by atoms with Crippen LogP contribution in [0.4, 0.5) is 24.5 Å². The molecular formula is C19H19F3IN3O2. The zero-order valence-corrected chi connectivity index (χ0v) is 17.0. The smallest absolute Gasteiger partial charge is 0.256 e. The molecule has 1 amide bonds. The molecule has 2 aromatic carbocycles. The largest absolute Gasteiger partial charge is 0.395 e. The Morgan fingerprint density at radius 3 is 2.64 bits per heavy atom. The van der Waals surface area contributed by atoms with Crippen molar-refractivity contribution in [2.45, 2.75) is 12.5 Å². The molecule has 0 bridgehead atoms. The summed E-state index contributed by atoms with van der Waals surface area (Å²) in [5.41, 5.74) is -0.508. The van der Waals surface area contributed by atoms with Crippen molar-refractivity contribution >= 4 is 39.9 Å². The molecule has 1 heterocycles. The van der Waals surface area contributed by atoms with Crippen LogP contribution in [-0.4, -0.2) is 48.2 Å². The fourth-order valence-electron chi connectivity index (χ4n) is 3.00. The number of hydrogen-bond donors (Lipinski definition) is 3. The Hall–Kier alpha value is -1.85. The van der Waals surface area contributed by atoms with Crippen LogP contribution in [0.3, 0.4) is 0 Å². The van der Waals surface area contributed by atoms with E-state index in [0.29, 0.717) is 23.2 Å². The van der Waals surface area contributed by atoms with Crippen molar-refractivity contribution in [1.82, 2.24) is 10.2 Å². The Kier molecular flexibility index (Phi) is 6.78. The van der Waals surface area contributed by atoms with Crippen molar-refractivity contribution in [1.29, 1.82) is 0 Å². The first-order chi connectivity index (χ1) is 13.4. The Morgan fingerprint density at radius 2 is 2.00 bits per heavy atom. The number of halogens is 4. The Bertz CT molecular complexity index is 882. The molecule has 0 aliphatic carbocycles. The minimum absolute atomic E-state index is 0.0144. The van der Waals surface area contributed by atoms with Gasteiger partial charge < -0.3 is 20.6 Å². The van der Waals surface area contributed by atoms with E-state index in [1.165, 1.54) is 18.2 Å². The van der Waals surface area contributed by atoms with Gasteiger partial charge in [0.05, 0.1) is 23.5 Å². The number of rotatable bonds is 7. The van der Waals surface area contributed by atoms with E-state index < -0.39 is 23.4 Å². The topological polar surface area (TPSA) is 64.6 Å². The molecule has 3 rings (SSSR count). The Balaban J connectivity index is 1.87. The van der Waals surface area contributed by atoms with E-state index in [4.69, 9.17) is 5.11 Å². The predicted molar refractivity (Wildman–Crippen MR) is 108 cm³/mol. The number of aliphatic hydroxyl groups excluding tert-OH is 1. The van der Waals surface area contributed by atoms with Gasteiger partial charge in [0.15, 0.2) is 11.6 Å². The van der Waals surface area contributed by atoms with E-state index in [1.807, 2.05) is 22.6 Å². The molecule has 0 spiro atoms. The third-order valence-electron chi connectivity index (χ3n) is 4.59. The molecule has 5 nitrogen and oxygen atoms in total. The van der Waals surface area contributed by atoms with Gasteiger partial charge in [0.1, 0.15) is 5.82 Å². The SMILES string of the molecule is O=C(c1ccc(F)c(F)c1Nc1ccc(I)cc1F)N1CCC1CNCCO. The monoisotopic (exact) mass is 505 g/mol. The molecule has 1 aliphatic heterocycles. The number of amides is 1. The summed E-state index contributed by atoms with van der Waals surface area (Å²) in [5, 5.41) is 14.4. The Labute approximate surface area is 174 Å². The predicted octanol–water partition coefficient (Wildman–Crippen LogP) is 3.25. The van der Waals surface area contributed by atoms with Crippen molar-refractivity contribution in [3.05, 3.63) is 56.9 Å². The average molecular weight is 505 g/mol. The molecule has 1 aliphatic rings. The minimum atomic E-state index is -1.24. The second kappa shape index (κ2) is 9.10. The summed E-state index contributed by atoms with van der Waals surface area (Å²) >= 11 is 1.94. The van der Waals surface area contributed by atoms with E-state index in [9.17, 15) is 18.0 Å². The lowest BCUT2D eigenvalue weighted by Gasteiger charge is -2.41. The van der Waals surface area contributed by atoms with Gasteiger partial charge in [-0.1, -0.05) is 0 Å². The first-order valence-electron chi connectivity index (χ1n) is 8.75. The maximum absolute atomic E-state index is 14.5. The molecule has 150 valence electrons. The molecule has 1 fully saturated rings. The van der Waals surface area contributed by atoms with Gasteiger partial charge in [0.2, 0.25) is 0 Å². The standard InChI is InChI=1S/C19H19F3IN3O2/c20-14-3-2-13(19(28)26-7-5-12(26)10-24-6-8-27)18(17(14)22)25-16-4-1-11(23)9-15(16)21/h1-4,9,12,24-25,27H,5-8,10H2. The first kappa shape index (κ1) is 20.9. The molecular weight excluding hydrogens is 486 g/mol. The lowest BCUT2D eigenvalue weighted by molar-refractivity contribution is 0.0462. The van der Waals surface area contributed by atoms with Crippen molar-refractivity contribution in [2.24, 2.45) is 0 Å². The van der Waals surface area contributed by atoms with Gasteiger partial charge in [-0.2, -0.15) is 0 Å². The summed E-state index contributed by atoms with van der Waals surface area (Å²) in [7, 11) is 0. The molecule has 3 N–H and O–H groups in total. The number of nitrogens with zero attached hydrogens (tertiary/aromatic N) is 1. The quantitative estimate of drug-likeness (QED) is 0.400. The number of benzene rings is 2. The lowest BCUT2D eigenvalue weighted by atomic mass is 10.00. The zero-order valence-electron chi connectivity index (χ0n) is 14.8. The molecule has 0 aromatic heterocycles. The van der Waals surface area contributed by atoms with Crippen LogP contribution in [0.2, 0.25) is 0 Å². The van der Waals surface area contributed by atoms with Gasteiger partial charge in [-0.15, -0.1) is 0 Å². The summed E-state index contributed by atoms with van der Waals surface area (Å²) in [6, 6.07) is 6.25. The van der Waals surface area contributed by atoms with Gasteiger partial charge in [-0.3, -0.25) is 4.79 Å².